The second-order valence-corrected chi connectivity index (χ2v) is 6.11. The lowest BCUT2D eigenvalue weighted by atomic mass is 10.1. The maximum absolute atomic E-state index is 5.75. The van der Waals surface area contributed by atoms with Gasteiger partial charge in [0.05, 0.1) is 16.3 Å². The number of nitrogens with one attached hydrogen (secondary N) is 1. The number of aromatic nitrogens is 2. The van der Waals surface area contributed by atoms with E-state index in [1.54, 1.807) is 0 Å². The molecular formula is C18H17BrN2O. The van der Waals surface area contributed by atoms with Crippen molar-refractivity contribution in [2.45, 2.75) is 20.0 Å². The van der Waals surface area contributed by atoms with Gasteiger partial charge in [-0.1, -0.05) is 42.5 Å². The average Bonchev–Trinajstić information content (AvgIpc) is 2.89. The molecule has 22 heavy (non-hydrogen) atoms. The lowest BCUT2D eigenvalue weighted by Gasteiger charge is -2.10. The lowest BCUT2D eigenvalue weighted by Crippen LogP contribution is -2.05. The van der Waals surface area contributed by atoms with Crippen molar-refractivity contribution in [2.75, 3.05) is 0 Å². The third-order valence-corrected chi connectivity index (χ3v) is 4.02. The van der Waals surface area contributed by atoms with Crippen LogP contribution in [-0.2, 0) is 0 Å². The SMILES string of the molecule is CC(C)Oc1cccc(-c2n[nH]c(-c3ccccc3)c2Br)c1. The fourth-order valence-electron chi connectivity index (χ4n) is 2.30. The van der Waals surface area contributed by atoms with Crippen molar-refractivity contribution >= 4 is 15.9 Å². The highest BCUT2D eigenvalue weighted by atomic mass is 79.9. The van der Waals surface area contributed by atoms with E-state index in [1.807, 2.05) is 56.3 Å². The van der Waals surface area contributed by atoms with Crippen molar-refractivity contribution in [1.82, 2.24) is 10.2 Å². The van der Waals surface area contributed by atoms with Crippen LogP contribution in [0.2, 0.25) is 0 Å². The Labute approximate surface area is 138 Å². The first-order chi connectivity index (χ1) is 10.6. The largest absolute Gasteiger partial charge is 0.491 e. The molecule has 0 unspecified atom stereocenters. The molecule has 1 heterocycles. The average molecular weight is 357 g/mol. The van der Waals surface area contributed by atoms with E-state index in [1.165, 1.54) is 0 Å². The van der Waals surface area contributed by atoms with E-state index >= 15 is 0 Å². The molecule has 0 aliphatic carbocycles. The Morgan fingerprint density at radius 3 is 2.45 bits per heavy atom. The standard InChI is InChI=1S/C18H17BrN2O/c1-12(2)22-15-10-6-9-14(11-15)18-16(19)17(20-21-18)13-7-4-3-5-8-13/h3-12H,1-2H3,(H,20,21). The van der Waals surface area contributed by atoms with Gasteiger partial charge in [-0.25, -0.2) is 0 Å². The van der Waals surface area contributed by atoms with Crippen molar-refractivity contribution in [3.05, 3.63) is 59.1 Å². The number of aromatic amines is 1. The number of benzene rings is 2. The third kappa shape index (κ3) is 3.07. The molecule has 1 N–H and O–H groups in total. The van der Waals surface area contributed by atoms with Crippen LogP contribution in [0.3, 0.4) is 0 Å². The molecule has 0 atom stereocenters. The van der Waals surface area contributed by atoms with Crippen LogP contribution in [0.5, 0.6) is 5.75 Å². The van der Waals surface area contributed by atoms with Crippen molar-refractivity contribution in [1.29, 1.82) is 0 Å². The number of hydrogen-bond donors (Lipinski definition) is 1. The van der Waals surface area contributed by atoms with Gasteiger partial charge < -0.3 is 4.74 Å². The monoisotopic (exact) mass is 356 g/mol. The maximum atomic E-state index is 5.75. The van der Waals surface area contributed by atoms with E-state index in [4.69, 9.17) is 4.74 Å². The highest BCUT2D eigenvalue weighted by Gasteiger charge is 2.14. The molecule has 0 amide bonds. The molecule has 0 saturated carbocycles. The van der Waals surface area contributed by atoms with Crippen LogP contribution in [0.1, 0.15) is 13.8 Å². The summed E-state index contributed by atoms with van der Waals surface area (Å²) in [5.41, 5.74) is 3.98. The van der Waals surface area contributed by atoms with Gasteiger partial charge in [0.2, 0.25) is 0 Å². The van der Waals surface area contributed by atoms with Crippen LogP contribution < -0.4 is 4.74 Å². The summed E-state index contributed by atoms with van der Waals surface area (Å²) in [4.78, 5) is 0. The molecule has 0 bridgehead atoms. The Bertz CT molecular complexity index is 766. The molecule has 3 rings (SSSR count). The van der Waals surface area contributed by atoms with Gasteiger partial charge >= 0.3 is 0 Å². The summed E-state index contributed by atoms with van der Waals surface area (Å²) in [7, 11) is 0. The third-order valence-electron chi connectivity index (χ3n) is 3.25. The summed E-state index contributed by atoms with van der Waals surface area (Å²) in [5, 5.41) is 7.57. The van der Waals surface area contributed by atoms with Crippen LogP contribution in [0.25, 0.3) is 22.5 Å². The van der Waals surface area contributed by atoms with Gasteiger partial charge in [-0.2, -0.15) is 5.10 Å². The summed E-state index contributed by atoms with van der Waals surface area (Å²) in [6, 6.07) is 18.1. The predicted molar refractivity (Wildman–Crippen MR) is 92.9 cm³/mol. The Morgan fingerprint density at radius 1 is 1.00 bits per heavy atom. The molecule has 0 aliphatic rings. The summed E-state index contributed by atoms with van der Waals surface area (Å²) in [6.45, 7) is 4.04. The molecule has 0 radical (unpaired) electrons. The molecule has 0 aliphatic heterocycles. The number of ether oxygens (including phenoxy) is 1. The first-order valence-electron chi connectivity index (χ1n) is 7.21. The van der Waals surface area contributed by atoms with E-state index in [0.717, 1.165) is 32.7 Å². The maximum Gasteiger partial charge on any atom is 0.120 e. The molecule has 0 spiro atoms. The van der Waals surface area contributed by atoms with Crippen molar-refractivity contribution < 1.29 is 4.74 Å². The van der Waals surface area contributed by atoms with Crippen LogP contribution in [0.4, 0.5) is 0 Å². The van der Waals surface area contributed by atoms with Crippen LogP contribution >= 0.6 is 15.9 Å². The molecule has 3 nitrogen and oxygen atoms in total. The van der Waals surface area contributed by atoms with Crippen LogP contribution in [0.15, 0.2) is 59.1 Å². The first kappa shape index (κ1) is 14.9. The number of hydrogen-bond acceptors (Lipinski definition) is 2. The number of H-pyrrole nitrogens is 1. The summed E-state index contributed by atoms with van der Waals surface area (Å²) < 4.78 is 6.71. The molecular weight excluding hydrogens is 340 g/mol. The normalized spacial score (nSPS) is 10.9. The van der Waals surface area contributed by atoms with Crippen LogP contribution in [0, 0.1) is 0 Å². The van der Waals surface area contributed by atoms with Gasteiger partial charge in [0, 0.05) is 11.1 Å². The minimum absolute atomic E-state index is 0.151. The molecule has 2 aromatic carbocycles. The van der Waals surface area contributed by atoms with Gasteiger partial charge in [0.1, 0.15) is 11.4 Å². The zero-order valence-corrected chi connectivity index (χ0v) is 14.1. The fraction of sp³-hybridized carbons (Fsp3) is 0.167. The molecule has 112 valence electrons. The van der Waals surface area contributed by atoms with E-state index < -0.39 is 0 Å². The van der Waals surface area contributed by atoms with Crippen molar-refractivity contribution in [2.24, 2.45) is 0 Å². The highest BCUT2D eigenvalue weighted by Crippen LogP contribution is 2.35. The molecule has 3 aromatic rings. The molecule has 0 fully saturated rings. The minimum Gasteiger partial charge on any atom is -0.491 e. The van der Waals surface area contributed by atoms with Gasteiger partial charge in [0.25, 0.3) is 0 Å². The van der Waals surface area contributed by atoms with E-state index in [2.05, 4.69) is 38.3 Å². The lowest BCUT2D eigenvalue weighted by molar-refractivity contribution is 0.242. The summed E-state index contributed by atoms with van der Waals surface area (Å²) in [6.07, 6.45) is 0.151. The smallest absolute Gasteiger partial charge is 0.120 e. The minimum atomic E-state index is 0.151. The zero-order chi connectivity index (χ0) is 15.5. The quantitative estimate of drug-likeness (QED) is 0.689. The highest BCUT2D eigenvalue weighted by molar-refractivity contribution is 9.10. The Morgan fingerprint density at radius 2 is 1.73 bits per heavy atom. The summed E-state index contributed by atoms with van der Waals surface area (Å²) in [5.74, 6) is 0.851. The summed E-state index contributed by atoms with van der Waals surface area (Å²) >= 11 is 3.67. The van der Waals surface area contributed by atoms with Gasteiger partial charge in [-0.3, -0.25) is 5.10 Å². The topological polar surface area (TPSA) is 37.9 Å². The van der Waals surface area contributed by atoms with Gasteiger partial charge in [-0.15, -0.1) is 0 Å². The molecule has 0 saturated heterocycles. The van der Waals surface area contributed by atoms with Crippen molar-refractivity contribution in [3.63, 3.8) is 0 Å². The Kier molecular flexibility index (Phi) is 4.29. The number of halogens is 1. The fourth-order valence-corrected chi connectivity index (χ4v) is 2.94. The number of nitrogens with zero attached hydrogens (tertiary/aromatic N) is 1. The van der Waals surface area contributed by atoms with Gasteiger partial charge in [0.15, 0.2) is 0 Å². The van der Waals surface area contributed by atoms with Crippen LogP contribution in [-0.4, -0.2) is 16.3 Å². The van der Waals surface area contributed by atoms with E-state index in [-0.39, 0.29) is 6.10 Å². The number of rotatable bonds is 4. The van der Waals surface area contributed by atoms with Crippen molar-refractivity contribution in [3.8, 4) is 28.3 Å². The van der Waals surface area contributed by atoms with E-state index in [0.29, 0.717) is 0 Å². The predicted octanol–water partition coefficient (Wildman–Crippen LogP) is 5.29. The molecule has 1 aromatic heterocycles. The second-order valence-electron chi connectivity index (χ2n) is 5.32. The van der Waals surface area contributed by atoms with E-state index in [9.17, 15) is 0 Å². The van der Waals surface area contributed by atoms with Gasteiger partial charge in [-0.05, 0) is 41.9 Å². The first-order valence-corrected chi connectivity index (χ1v) is 8.01. The second kappa shape index (κ2) is 6.36. The zero-order valence-electron chi connectivity index (χ0n) is 12.5. The molecule has 4 heteroatoms. The Hall–Kier alpha value is -2.07. The Balaban J connectivity index is 1.98.